The van der Waals surface area contributed by atoms with E-state index in [1.165, 1.54) is 6.07 Å². The number of ether oxygens (including phenoxy) is 1. The molecule has 2 aromatic carbocycles. The van der Waals surface area contributed by atoms with Crippen LogP contribution in [0.4, 0.5) is 5.69 Å². The number of nitro groups is 1. The smallest absolute Gasteiger partial charge is 0.312 e. The minimum atomic E-state index is -0.561. The SMILES string of the molecule is Cc1cc(C)c(Oc2ccc([C@H](C)O)cc2)c([N+](=O)[O-])c1. The van der Waals surface area contributed by atoms with Gasteiger partial charge in [-0.05, 0) is 49.6 Å². The Hall–Kier alpha value is -2.40. The molecule has 0 aliphatic rings. The Morgan fingerprint density at radius 3 is 2.33 bits per heavy atom. The molecule has 5 nitrogen and oxygen atoms in total. The Labute approximate surface area is 123 Å². The van der Waals surface area contributed by atoms with Crippen LogP contribution in [-0.4, -0.2) is 10.0 Å². The van der Waals surface area contributed by atoms with E-state index in [0.29, 0.717) is 11.3 Å². The Balaban J connectivity index is 2.37. The molecule has 2 rings (SSSR count). The van der Waals surface area contributed by atoms with Crippen LogP contribution in [0.15, 0.2) is 36.4 Å². The molecule has 0 unspecified atom stereocenters. The highest BCUT2D eigenvalue weighted by atomic mass is 16.6. The summed E-state index contributed by atoms with van der Waals surface area (Å²) in [5.41, 5.74) is 2.24. The number of hydrogen-bond donors (Lipinski definition) is 1. The molecule has 0 fully saturated rings. The number of hydrogen-bond acceptors (Lipinski definition) is 4. The average Bonchev–Trinajstić information content (AvgIpc) is 2.41. The number of aliphatic hydroxyl groups is 1. The summed E-state index contributed by atoms with van der Waals surface area (Å²) in [4.78, 5) is 10.7. The van der Waals surface area contributed by atoms with E-state index in [-0.39, 0.29) is 11.4 Å². The fourth-order valence-electron chi connectivity index (χ4n) is 2.13. The normalized spacial score (nSPS) is 12.0. The molecule has 0 aromatic heterocycles. The van der Waals surface area contributed by atoms with Gasteiger partial charge in [-0.2, -0.15) is 0 Å². The molecule has 1 N–H and O–H groups in total. The third kappa shape index (κ3) is 3.38. The Morgan fingerprint density at radius 1 is 1.19 bits per heavy atom. The van der Waals surface area contributed by atoms with Gasteiger partial charge in [-0.25, -0.2) is 0 Å². The van der Waals surface area contributed by atoms with Crippen molar-refractivity contribution in [2.75, 3.05) is 0 Å². The lowest BCUT2D eigenvalue weighted by Crippen LogP contribution is -1.97. The van der Waals surface area contributed by atoms with Crippen molar-refractivity contribution in [3.8, 4) is 11.5 Å². The Morgan fingerprint density at radius 2 is 1.81 bits per heavy atom. The highest BCUT2D eigenvalue weighted by Gasteiger charge is 2.19. The first-order chi connectivity index (χ1) is 9.88. The van der Waals surface area contributed by atoms with Gasteiger partial charge in [0.1, 0.15) is 5.75 Å². The van der Waals surface area contributed by atoms with Gasteiger partial charge in [0.25, 0.3) is 0 Å². The predicted molar refractivity (Wildman–Crippen MR) is 79.7 cm³/mol. The van der Waals surface area contributed by atoms with Crippen molar-refractivity contribution in [3.63, 3.8) is 0 Å². The van der Waals surface area contributed by atoms with Crippen LogP contribution < -0.4 is 4.74 Å². The molecule has 0 heterocycles. The van der Waals surface area contributed by atoms with Crippen LogP contribution in [0, 0.1) is 24.0 Å². The quantitative estimate of drug-likeness (QED) is 0.680. The van der Waals surface area contributed by atoms with Crippen molar-refractivity contribution in [1.82, 2.24) is 0 Å². The molecule has 0 amide bonds. The van der Waals surface area contributed by atoms with Crippen molar-refractivity contribution < 1.29 is 14.8 Å². The molecule has 0 saturated heterocycles. The van der Waals surface area contributed by atoms with Gasteiger partial charge < -0.3 is 9.84 Å². The van der Waals surface area contributed by atoms with Gasteiger partial charge in [-0.3, -0.25) is 10.1 Å². The maximum absolute atomic E-state index is 11.2. The summed E-state index contributed by atoms with van der Waals surface area (Å²) in [5, 5.41) is 20.6. The average molecular weight is 287 g/mol. The van der Waals surface area contributed by atoms with Crippen LogP contribution >= 0.6 is 0 Å². The summed E-state index contributed by atoms with van der Waals surface area (Å²) >= 11 is 0. The topological polar surface area (TPSA) is 72.6 Å². The molecule has 0 saturated carbocycles. The van der Waals surface area contributed by atoms with Crippen LogP contribution in [0.2, 0.25) is 0 Å². The number of aryl methyl sites for hydroxylation is 2. The first-order valence-corrected chi connectivity index (χ1v) is 6.60. The molecular formula is C16H17NO4. The van der Waals surface area contributed by atoms with Gasteiger partial charge in [0.15, 0.2) is 0 Å². The van der Waals surface area contributed by atoms with Gasteiger partial charge in [0, 0.05) is 6.07 Å². The van der Waals surface area contributed by atoms with E-state index in [9.17, 15) is 15.2 Å². The monoisotopic (exact) mass is 287 g/mol. The summed E-state index contributed by atoms with van der Waals surface area (Å²) in [6, 6.07) is 10.2. The predicted octanol–water partition coefficient (Wildman–Crippen LogP) is 4.06. The van der Waals surface area contributed by atoms with Crippen LogP contribution in [0.25, 0.3) is 0 Å². The third-order valence-corrected chi connectivity index (χ3v) is 3.18. The van der Waals surface area contributed by atoms with E-state index in [1.54, 1.807) is 45.0 Å². The van der Waals surface area contributed by atoms with E-state index in [2.05, 4.69) is 0 Å². The summed E-state index contributed by atoms with van der Waals surface area (Å²) < 4.78 is 5.67. The van der Waals surface area contributed by atoms with Gasteiger partial charge in [-0.15, -0.1) is 0 Å². The molecular weight excluding hydrogens is 270 g/mol. The zero-order chi connectivity index (χ0) is 15.6. The van der Waals surface area contributed by atoms with E-state index < -0.39 is 11.0 Å². The largest absolute Gasteiger partial charge is 0.450 e. The number of aliphatic hydroxyl groups excluding tert-OH is 1. The van der Waals surface area contributed by atoms with Crippen LogP contribution in [-0.2, 0) is 0 Å². The lowest BCUT2D eigenvalue weighted by Gasteiger charge is -2.11. The summed E-state index contributed by atoms with van der Waals surface area (Å²) in [6.07, 6.45) is -0.561. The highest BCUT2D eigenvalue weighted by Crippen LogP contribution is 2.35. The first kappa shape index (κ1) is 15.0. The zero-order valence-electron chi connectivity index (χ0n) is 12.2. The molecule has 0 bridgehead atoms. The fraction of sp³-hybridized carbons (Fsp3) is 0.250. The number of benzene rings is 2. The molecule has 0 radical (unpaired) electrons. The van der Waals surface area contributed by atoms with E-state index in [1.807, 2.05) is 6.07 Å². The van der Waals surface area contributed by atoms with Crippen LogP contribution in [0.5, 0.6) is 11.5 Å². The lowest BCUT2D eigenvalue weighted by molar-refractivity contribution is -0.385. The number of rotatable bonds is 4. The summed E-state index contributed by atoms with van der Waals surface area (Å²) in [5.74, 6) is 0.741. The van der Waals surface area contributed by atoms with Gasteiger partial charge in [0.2, 0.25) is 5.75 Å². The minimum absolute atomic E-state index is 0.0490. The van der Waals surface area contributed by atoms with E-state index in [0.717, 1.165) is 11.1 Å². The summed E-state index contributed by atoms with van der Waals surface area (Å²) in [6.45, 7) is 5.26. The molecule has 5 heteroatoms. The minimum Gasteiger partial charge on any atom is -0.450 e. The van der Waals surface area contributed by atoms with Gasteiger partial charge >= 0.3 is 5.69 Å². The zero-order valence-corrected chi connectivity index (χ0v) is 12.2. The summed E-state index contributed by atoms with van der Waals surface area (Å²) in [7, 11) is 0. The fourth-order valence-corrected chi connectivity index (χ4v) is 2.13. The van der Waals surface area contributed by atoms with E-state index >= 15 is 0 Å². The molecule has 2 aromatic rings. The molecule has 1 atom stereocenters. The van der Waals surface area contributed by atoms with Crippen molar-refractivity contribution in [2.45, 2.75) is 26.9 Å². The number of nitro benzene ring substituents is 1. The molecule has 0 aliphatic carbocycles. The first-order valence-electron chi connectivity index (χ1n) is 6.60. The molecule has 110 valence electrons. The second kappa shape index (κ2) is 5.93. The number of nitrogens with zero attached hydrogens (tertiary/aromatic N) is 1. The standard InChI is InChI=1S/C16H17NO4/c1-10-8-11(2)16(15(9-10)17(19)20)21-14-6-4-13(5-7-14)12(3)18/h4-9,12,18H,1-3H3/t12-/m0/s1. The maximum Gasteiger partial charge on any atom is 0.312 e. The van der Waals surface area contributed by atoms with Gasteiger partial charge in [0.05, 0.1) is 11.0 Å². The maximum atomic E-state index is 11.2. The molecule has 21 heavy (non-hydrogen) atoms. The van der Waals surface area contributed by atoms with Crippen molar-refractivity contribution in [3.05, 3.63) is 63.2 Å². The van der Waals surface area contributed by atoms with E-state index in [4.69, 9.17) is 4.74 Å². The Bertz CT molecular complexity index is 663. The highest BCUT2D eigenvalue weighted by molar-refractivity contribution is 5.55. The Kier molecular flexibility index (Phi) is 4.23. The second-order valence-electron chi connectivity index (χ2n) is 5.03. The van der Waals surface area contributed by atoms with Crippen LogP contribution in [0.3, 0.4) is 0 Å². The van der Waals surface area contributed by atoms with Gasteiger partial charge in [-0.1, -0.05) is 18.2 Å². The van der Waals surface area contributed by atoms with Crippen molar-refractivity contribution in [1.29, 1.82) is 0 Å². The van der Waals surface area contributed by atoms with Crippen molar-refractivity contribution in [2.24, 2.45) is 0 Å². The second-order valence-corrected chi connectivity index (χ2v) is 5.03. The molecule has 0 aliphatic heterocycles. The lowest BCUT2D eigenvalue weighted by atomic mass is 10.1. The van der Waals surface area contributed by atoms with Crippen molar-refractivity contribution >= 4 is 5.69 Å². The third-order valence-electron chi connectivity index (χ3n) is 3.18. The molecule has 0 spiro atoms. The van der Waals surface area contributed by atoms with Crippen LogP contribution in [0.1, 0.15) is 29.7 Å².